The van der Waals surface area contributed by atoms with Crippen LogP contribution in [0.2, 0.25) is 0 Å². The van der Waals surface area contributed by atoms with E-state index in [1.54, 1.807) is 32.0 Å². The van der Waals surface area contributed by atoms with Crippen molar-refractivity contribution in [1.29, 1.82) is 0 Å². The quantitative estimate of drug-likeness (QED) is 0.311. The van der Waals surface area contributed by atoms with Gasteiger partial charge in [-0.3, -0.25) is 4.79 Å². The van der Waals surface area contributed by atoms with Crippen LogP contribution in [0.15, 0.2) is 82.8 Å². The number of methoxy groups -OCH3 is 2. The third-order valence-corrected chi connectivity index (χ3v) is 5.57. The van der Waals surface area contributed by atoms with Crippen LogP contribution in [0, 0.1) is 0 Å². The van der Waals surface area contributed by atoms with Crippen LogP contribution in [0.4, 0.5) is 0 Å². The number of rotatable bonds is 8. The molecule has 0 saturated heterocycles. The van der Waals surface area contributed by atoms with E-state index < -0.39 is 0 Å². The molecule has 0 unspecified atom stereocenters. The average Bonchev–Trinajstić information content (AvgIpc) is 2.81. The largest absolute Gasteiger partial charge is 0.493 e. The summed E-state index contributed by atoms with van der Waals surface area (Å²) in [6.07, 6.45) is 0. The Morgan fingerprint density at radius 3 is 2.23 bits per heavy atom. The van der Waals surface area contributed by atoms with Gasteiger partial charge in [-0.1, -0.05) is 30.3 Å². The minimum atomic E-state index is -0.253. The topological polar surface area (TPSA) is 59.9 Å². The molecule has 5 nitrogen and oxygen atoms in total. The normalized spacial score (nSPS) is 11.1. The van der Waals surface area contributed by atoms with Crippen molar-refractivity contribution >= 4 is 23.4 Å². The molecule has 3 rings (SSSR count). The summed E-state index contributed by atoms with van der Waals surface area (Å²) in [5.74, 6) is 1.85. The Bertz CT molecular complexity index is 1020. The Labute approximate surface area is 181 Å². The lowest BCUT2D eigenvalue weighted by molar-refractivity contribution is 0.0955. The Hall–Kier alpha value is -3.25. The fraction of sp³-hybridized carbons (Fsp3) is 0.167. The molecule has 0 aliphatic rings. The van der Waals surface area contributed by atoms with Crippen LogP contribution in [0.25, 0.3) is 0 Å². The first-order valence-electron chi connectivity index (χ1n) is 9.44. The average molecular weight is 421 g/mol. The van der Waals surface area contributed by atoms with E-state index >= 15 is 0 Å². The minimum absolute atomic E-state index is 0.253. The van der Waals surface area contributed by atoms with Crippen molar-refractivity contribution < 1.29 is 14.3 Å². The van der Waals surface area contributed by atoms with Crippen molar-refractivity contribution in [1.82, 2.24) is 5.43 Å². The SMILES string of the molecule is COc1ccc(/C(C)=N\NC(=O)c2ccc(CSc3ccccc3)cc2)cc1OC. The molecule has 1 amide bonds. The Morgan fingerprint density at radius 1 is 0.900 bits per heavy atom. The van der Waals surface area contributed by atoms with Crippen LogP contribution in [-0.2, 0) is 5.75 Å². The lowest BCUT2D eigenvalue weighted by Gasteiger charge is -2.09. The zero-order valence-corrected chi connectivity index (χ0v) is 18.0. The highest BCUT2D eigenvalue weighted by atomic mass is 32.2. The van der Waals surface area contributed by atoms with Crippen LogP contribution in [0.3, 0.4) is 0 Å². The van der Waals surface area contributed by atoms with E-state index in [1.165, 1.54) is 4.90 Å². The van der Waals surface area contributed by atoms with Crippen molar-refractivity contribution in [2.45, 2.75) is 17.6 Å². The zero-order valence-electron chi connectivity index (χ0n) is 17.2. The van der Waals surface area contributed by atoms with Gasteiger partial charge in [0.25, 0.3) is 5.91 Å². The van der Waals surface area contributed by atoms with Crippen LogP contribution >= 0.6 is 11.8 Å². The number of hydrogen-bond donors (Lipinski definition) is 1. The predicted molar refractivity (Wildman–Crippen MR) is 122 cm³/mol. The molecule has 0 saturated carbocycles. The molecular weight excluding hydrogens is 396 g/mol. The molecule has 154 valence electrons. The molecule has 0 radical (unpaired) electrons. The number of ether oxygens (including phenoxy) is 2. The number of thioether (sulfide) groups is 1. The van der Waals surface area contributed by atoms with Crippen LogP contribution in [-0.4, -0.2) is 25.8 Å². The second-order valence-electron chi connectivity index (χ2n) is 6.51. The van der Waals surface area contributed by atoms with Gasteiger partial charge in [-0.05, 0) is 55.0 Å². The maximum atomic E-state index is 12.4. The molecule has 3 aromatic rings. The molecule has 30 heavy (non-hydrogen) atoms. The summed E-state index contributed by atoms with van der Waals surface area (Å²) in [6, 6.07) is 23.3. The summed E-state index contributed by atoms with van der Waals surface area (Å²) >= 11 is 1.76. The third kappa shape index (κ3) is 5.64. The molecule has 0 aromatic heterocycles. The van der Waals surface area contributed by atoms with Crippen LogP contribution in [0.5, 0.6) is 11.5 Å². The monoisotopic (exact) mass is 420 g/mol. The van der Waals surface area contributed by atoms with Gasteiger partial charge >= 0.3 is 0 Å². The second kappa shape index (κ2) is 10.5. The lowest BCUT2D eigenvalue weighted by Crippen LogP contribution is -2.19. The molecule has 0 fully saturated rings. The van der Waals surface area contributed by atoms with E-state index in [9.17, 15) is 4.79 Å². The first-order chi connectivity index (χ1) is 14.6. The molecular formula is C24H24N2O3S. The van der Waals surface area contributed by atoms with Gasteiger partial charge in [0.2, 0.25) is 0 Å². The van der Waals surface area contributed by atoms with Crippen molar-refractivity contribution in [2.75, 3.05) is 14.2 Å². The fourth-order valence-corrected chi connectivity index (χ4v) is 3.64. The number of hydrogen-bond acceptors (Lipinski definition) is 5. The maximum absolute atomic E-state index is 12.4. The van der Waals surface area contributed by atoms with Gasteiger partial charge in [0.05, 0.1) is 19.9 Å². The maximum Gasteiger partial charge on any atom is 0.271 e. The Kier molecular flexibility index (Phi) is 7.51. The van der Waals surface area contributed by atoms with E-state index in [2.05, 4.69) is 22.7 Å². The summed E-state index contributed by atoms with van der Waals surface area (Å²) in [7, 11) is 3.17. The number of benzene rings is 3. The zero-order chi connectivity index (χ0) is 21.3. The van der Waals surface area contributed by atoms with E-state index in [0.29, 0.717) is 22.8 Å². The van der Waals surface area contributed by atoms with Gasteiger partial charge in [0.1, 0.15) is 0 Å². The third-order valence-electron chi connectivity index (χ3n) is 4.49. The molecule has 0 spiro atoms. The number of carbonyl (C=O) groups is 1. The summed E-state index contributed by atoms with van der Waals surface area (Å²) in [5, 5.41) is 4.22. The van der Waals surface area contributed by atoms with Crippen molar-refractivity contribution in [3.63, 3.8) is 0 Å². The molecule has 3 aromatic carbocycles. The Morgan fingerprint density at radius 2 is 1.57 bits per heavy atom. The van der Waals surface area contributed by atoms with Gasteiger partial charge in [0.15, 0.2) is 11.5 Å². The number of carbonyl (C=O) groups excluding carboxylic acids is 1. The molecule has 6 heteroatoms. The minimum Gasteiger partial charge on any atom is -0.493 e. The summed E-state index contributed by atoms with van der Waals surface area (Å²) in [5.41, 5.74) is 5.83. The standard InChI is InChI=1S/C24H24N2O3S/c1-17(20-13-14-22(28-2)23(15-20)29-3)25-26-24(27)19-11-9-18(10-12-19)16-30-21-7-5-4-6-8-21/h4-15H,16H2,1-3H3,(H,26,27)/b25-17-. The molecule has 0 atom stereocenters. The number of amides is 1. The summed E-state index contributed by atoms with van der Waals surface area (Å²) in [6.45, 7) is 1.82. The van der Waals surface area contributed by atoms with Gasteiger partial charge in [-0.2, -0.15) is 5.10 Å². The molecule has 0 bridgehead atoms. The fourth-order valence-electron chi connectivity index (χ4n) is 2.76. The van der Waals surface area contributed by atoms with Crippen LogP contribution in [0.1, 0.15) is 28.4 Å². The van der Waals surface area contributed by atoms with E-state index in [1.807, 2.05) is 61.5 Å². The molecule has 1 N–H and O–H groups in total. The Balaban J connectivity index is 1.60. The van der Waals surface area contributed by atoms with Crippen molar-refractivity contribution in [3.8, 4) is 11.5 Å². The number of hydrazone groups is 1. The van der Waals surface area contributed by atoms with Gasteiger partial charge in [-0.15, -0.1) is 11.8 Å². The highest BCUT2D eigenvalue weighted by Gasteiger charge is 2.08. The van der Waals surface area contributed by atoms with E-state index in [0.717, 1.165) is 16.9 Å². The molecule has 0 heterocycles. The van der Waals surface area contributed by atoms with Crippen LogP contribution < -0.4 is 14.9 Å². The van der Waals surface area contributed by atoms with Crippen molar-refractivity contribution in [2.24, 2.45) is 5.10 Å². The number of nitrogens with zero attached hydrogens (tertiary/aromatic N) is 1. The van der Waals surface area contributed by atoms with Crippen molar-refractivity contribution in [3.05, 3.63) is 89.5 Å². The first kappa shape index (κ1) is 21.5. The van der Waals surface area contributed by atoms with Gasteiger partial charge in [0, 0.05) is 21.8 Å². The number of nitrogens with one attached hydrogen (secondary N) is 1. The summed E-state index contributed by atoms with van der Waals surface area (Å²) < 4.78 is 10.6. The highest BCUT2D eigenvalue weighted by molar-refractivity contribution is 7.98. The van der Waals surface area contributed by atoms with E-state index in [4.69, 9.17) is 9.47 Å². The lowest BCUT2D eigenvalue weighted by atomic mass is 10.1. The highest BCUT2D eigenvalue weighted by Crippen LogP contribution is 2.27. The molecule has 0 aliphatic heterocycles. The smallest absolute Gasteiger partial charge is 0.271 e. The van der Waals surface area contributed by atoms with Gasteiger partial charge in [-0.25, -0.2) is 5.43 Å². The first-order valence-corrected chi connectivity index (χ1v) is 10.4. The second-order valence-corrected chi connectivity index (χ2v) is 7.56. The van der Waals surface area contributed by atoms with Gasteiger partial charge < -0.3 is 9.47 Å². The van der Waals surface area contributed by atoms with E-state index in [-0.39, 0.29) is 5.91 Å². The molecule has 0 aliphatic carbocycles. The predicted octanol–water partition coefficient (Wildman–Crippen LogP) is 5.15. The summed E-state index contributed by atoms with van der Waals surface area (Å²) in [4.78, 5) is 13.6.